The van der Waals surface area contributed by atoms with Gasteiger partial charge in [-0.25, -0.2) is 0 Å². The molecule has 2 unspecified atom stereocenters. The zero-order valence-electron chi connectivity index (χ0n) is 21.0. The van der Waals surface area contributed by atoms with Gasteiger partial charge in [0, 0.05) is 34.9 Å². The molecular formula is C32H36N2O2. The van der Waals surface area contributed by atoms with Gasteiger partial charge in [0.1, 0.15) is 0 Å². The highest BCUT2D eigenvalue weighted by atomic mass is 16.2. The molecule has 4 heteroatoms. The van der Waals surface area contributed by atoms with E-state index in [1.54, 1.807) is 0 Å². The predicted molar refractivity (Wildman–Crippen MR) is 146 cm³/mol. The van der Waals surface area contributed by atoms with Gasteiger partial charge in [0.25, 0.3) is 0 Å². The van der Waals surface area contributed by atoms with E-state index < -0.39 is 0 Å². The van der Waals surface area contributed by atoms with Gasteiger partial charge in [-0.2, -0.15) is 0 Å². The molecule has 0 saturated heterocycles. The number of benzene rings is 3. The van der Waals surface area contributed by atoms with Crippen LogP contribution >= 0.6 is 0 Å². The summed E-state index contributed by atoms with van der Waals surface area (Å²) in [5.74, 6) is 0.00530. The Hall–Kier alpha value is -3.40. The molecule has 2 aliphatic rings. The van der Waals surface area contributed by atoms with Crippen LogP contribution < -0.4 is 9.80 Å². The Kier molecular flexibility index (Phi) is 7.80. The fourth-order valence-electron chi connectivity index (χ4n) is 6.02. The fourth-order valence-corrected chi connectivity index (χ4v) is 6.02. The van der Waals surface area contributed by atoms with Crippen LogP contribution in [0.2, 0.25) is 0 Å². The summed E-state index contributed by atoms with van der Waals surface area (Å²) in [5, 5.41) is 0. The molecule has 0 spiro atoms. The maximum Gasteiger partial charge on any atom is 0.234 e. The average molecular weight is 481 g/mol. The van der Waals surface area contributed by atoms with Crippen LogP contribution in [0.1, 0.15) is 57.8 Å². The first-order valence-corrected chi connectivity index (χ1v) is 13.5. The van der Waals surface area contributed by atoms with Crippen LogP contribution in [0.4, 0.5) is 17.1 Å². The van der Waals surface area contributed by atoms with Crippen molar-refractivity contribution in [3.63, 3.8) is 0 Å². The van der Waals surface area contributed by atoms with Gasteiger partial charge < -0.3 is 4.90 Å². The van der Waals surface area contributed by atoms with Crippen LogP contribution in [-0.4, -0.2) is 17.9 Å². The van der Waals surface area contributed by atoms with Crippen molar-refractivity contribution in [1.82, 2.24) is 0 Å². The zero-order valence-corrected chi connectivity index (χ0v) is 21.0. The topological polar surface area (TPSA) is 40.6 Å². The van der Waals surface area contributed by atoms with Crippen LogP contribution in [0.25, 0.3) is 0 Å². The van der Waals surface area contributed by atoms with Crippen LogP contribution in [0.3, 0.4) is 0 Å². The Bertz CT molecular complexity index is 1090. The van der Waals surface area contributed by atoms with Gasteiger partial charge in [-0.05, 0) is 68.5 Å². The summed E-state index contributed by atoms with van der Waals surface area (Å²) in [4.78, 5) is 32.0. The van der Waals surface area contributed by atoms with Gasteiger partial charge in [-0.3, -0.25) is 14.5 Å². The number of carbonyl (C=O) groups is 2. The van der Waals surface area contributed by atoms with Crippen LogP contribution in [-0.2, 0) is 9.59 Å². The molecule has 2 fully saturated rings. The standard InChI is InChI=1S/C32H36N2O2/c35-31(33(27-16-5-1-6-17-27)28-18-7-2-8-19-28)25-14-13-15-26(24-25)32(36)34(29-20-9-3-10-21-29)30-22-11-4-12-23-30/h1-3,5-10,16-21,25-26,30H,4,11-15,22-24H2. The predicted octanol–water partition coefficient (Wildman–Crippen LogP) is 7.52. The van der Waals surface area contributed by atoms with Crippen molar-refractivity contribution in [2.75, 3.05) is 9.80 Å². The molecule has 3 aromatic rings. The smallest absolute Gasteiger partial charge is 0.234 e. The Morgan fingerprint density at radius 2 is 1.00 bits per heavy atom. The monoisotopic (exact) mass is 480 g/mol. The molecule has 5 rings (SSSR count). The lowest BCUT2D eigenvalue weighted by atomic mass is 9.79. The largest absolute Gasteiger partial charge is 0.309 e. The molecule has 0 radical (unpaired) electrons. The number of carbonyl (C=O) groups excluding carboxylic acids is 2. The van der Waals surface area contributed by atoms with Gasteiger partial charge in [0.15, 0.2) is 0 Å². The Morgan fingerprint density at radius 1 is 0.528 bits per heavy atom. The van der Waals surface area contributed by atoms with Crippen molar-refractivity contribution >= 4 is 28.9 Å². The van der Waals surface area contributed by atoms with E-state index in [-0.39, 0.29) is 29.7 Å². The van der Waals surface area contributed by atoms with E-state index in [2.05, 4.69) is 17.0 Å². The third-order valence-electron chi connectivity index (χ3n) is 7.83. The molecule has 36 heavy (non-hydrogen) atoms. The third kappa shape index (κ3) is 5.38. The molecule has 4 nitrogen and oxygen atoms in total. The highest BCUT2D eigenvalue weighted by molar-refractivity contribution is 6.02. The highest BCUT2D eigenvalue weighted by Gasteiger charge is 2.38. The van der Waals surface area contributed by atoms with Crippen LogP contribution in [0.15, 0.2) is 91.0 Å². The number of hydrogen-bond donors (Lipinski definition) is 0. The first kappa shape index (κ1) is 24.3. The quantitative estimate of drug-likeness (QED) is 0.366. The summed E-state index contributed by atoms with van der Waals surface area (Å²) >= 11 is 0. The average Bonchev–Trinajstić information content (AvgIpc) is 2.96. The molecule has 2 saturated carbocycles. The molecule has 2 aliphatic carbocycles. The van der Waals surface area contributed by atoms with Gasteiger partial charge in [0.05, 0.1) is 0 Å². The zero-order chi connectivity index (χ0) is 24.7. The van der Waals surface area contributed by atoms with E-state index >= 15 is 0 Å². The first-order chi connectivity index (χ1) is 17.7. The van der Waals surface area contributed by atoms with E-state index in [1.165, 1.54) is 19.3 Å². The van der Waals surface area contributed by atoms with Crippen LogP contribution in [0.5, 0.6) is 0 Å². The number of nitrogens with zero attached hydrogens (tertiary/aromatic N) is 2. The molecule has 2 atom stereocenters. The lowest BCUT2D eigenvalue weighted by Crippen LogP contribution is -2.46. The summed E-state index contributed by atoms with van der Waals surface area (Å²) < 4.78 is 0. The number of rotatable bonds is 6. The molecule has 0 heterocycles. The van der Waals surface area contributed by atoms with Crippen molar-refractivity contribution < 1.29 is 9.59 Å². The lowest BCUT2D eigenvalue weighted by molar-refractivity contribution is -0.127. The van der Waals surface area contributed by atoms with Crippen molar-refractivity contribution in [3.05, 3.63) is 91.0 Å². The van der Waals surface area contributed by atoms with E-state index in [1.807, 2.05) is 83.8 Å². The maximum absolute atomic E-state index is 14.1. The molecule has 2 amide bonds. The number of para-hydroxylation sites is 3. The summed E-state index contributed by atoms with van der Waals surface area (Å²) in [6, 6.07) is 30.1. The van der Waals surface area contributed by atoms with Crippen molar-refractivity contribution in [2.24, 2.45) is 11.8 Å². The molecule has 0 aliphatic heterocycles. The van der Waals surface area contributed by atoms with E-state index in [0.29, 0.717) is 6.42 Å². The second-order valence-corrected chi connectivity index (χ2v) is 10.2. The molecule has 3 aromatic carbocycles. The minimum absolute atomic E-state index is 0.0915. The van der Waals surface area contributed by atoms with Gasteiger partial charge in [0.2, 0.25) is 11.8 Å². The molecule has 0 N–H and O–H groups in total. The minimum atomic E-state index is -0.169. The first-order valence-electron chi connectivity index (χ1n) is 13.5. The molecule has 0 bridgehead atoms. The summed E-state index contributed by atoms with van der Waals surface area (Å²) in [6.45, 7) is 0. The normalized spacial score (nSPS) is 20.4. The maximum atomic E-state index is 14.1. The second-order valence-electron chi connectivity index (χ2n) is 10.2. The Morgan fingerprint density at radius 3 is 1.53 bits per heavy atom. The van der Waals surface area contributed by atoms with E-state index in [0.717, 1.165) is 49.2 Å². The Labute approximate surface area is 214 Å². The number of anilines is 3. The van der Waals surface area contributed by atoms with Gasteiger partial charge in [-0.1, -0.05) is 80.3 Å². The van der Waals surface area contributed by atoms with E-state index in [4.69, 9.17) is 0 Å². The Balaban J connectivity index is 1.39. The SMILES string of the molecule is O=C(C1CCCC(C(=O)N(c2ccccc2)C2CCCCC2)C1)N(c1ccccc1)c1ccccc1. The van der Waals surface area contributed by atoms with Crippen LogP contribution in [0, 0.1) is 11.8 Å². The summed E-state index contributed by atoms with van der Waals surface area (Å²) in [5.41, 5.74) is 2.74. The third-order valence-corrected chi connectivity index (χ3v) is 7.83. The van der Waals surface area contributed by atoms with Crippen molar-refractivity contribution in [2.45, 2.75) is 63.8 Å². The molecule has 186 valence electrons. The van der Waals surface area contributed by atoms with Gasteiger partial charge in [-0.15, -0.1) is 0 Å². The molecular weight excluding hydrogens is 444 g/mol. The fraction of sp³-hybridized carbons (Fsp3) is 0.375. The summed E-state index contributed by atoms with van der Waals surface area (Å²) in [7, 11) is 0. The number of amides is 2. The van der Waals surface area contributed by atoms with Crippen molar-refractivity contribution in [3.8, 4) is 0 Å². The lowest BCUT2D eigenvalue weighted by Gasteiger charge is -2.39. The second kappa shape index (κ2) is 11.6. The summed E-state index contributed by atoms with van der Waals surface area (Å²) in [6.07, 6.45) is 8.93. The highest BCUT2D eigenvalue weighted by Crippen LogP contribution is 2.37. The van der Waals surface area contributed by atoms with Crippen molar-refractivity contribution in [1.29, 1.82) is 0 Å². The van der Waals surface area contributed by atoms with E-state index in [9.17, 15) is 9.59 Å². The number of hydrogen-bond acceptors (Lipinski definition) is 2. The molecule has 0 aromatic heterocycles. The minimum Gasteiger partial charge on any atom is -0.309 e. The van der Waals surface area contributed by atoms with Gasteiger partial charge >= 0.3 is 0 Å².